The molecule has 144 valence electrons. The maximum Gasteiger partial charge on any atom is 0.237 e. The van der Waals surface area contributed by atoms with E-state index in [0.29, 0.717) is 17.9 Å². The summed E-state index contributed by atoms with van der Waals surface area (Å²) in [6.07, 6.45) is 2.42. The summed E-state index contributed by atoms with van der Waals surface area (Å²) < 4.78 is 5.17. The Labute approximate surface area is 164 Å². The van der Waals surface area contributed by atoms with Crippen LogP contribution >= 0.6 is 11.8 Å². The summed E-state index contributed by atoms with van der Waals surface area (Å²) in [5.74, 6) is 0.651. The topological polar surface area (TPSA) is 67.4 Å². The van der Waals surface area contributed by atoms with Crippen LogP contribution in [-0.4, -0.2) is 24.2 Å². The molecule has 27 heavy (non-hydrogen) atoms. The number of nitrogens with one attached hydrogen (secondary N) is 2. The number of unbranched alkanes of at least 4 members (excludes halogenated alkanes) is 1. The molecule has 2 aromatic carbocycles. The zero-order chi connectivity index (χ0) is 19.6. The second-order valence-corrected chi connectivity index (χ2v) is 7.57. The summed E-state index contributed by atoms with van der Waals surface area (Å²) in [7, 11) is 1.59. The van der Waals surface area contributed by atoms with Crippen LogP contribution in [0.1, 0.15) is 33.1 Å². The van der Waals surface area contributed by atoms with Gasteiger partial charge in [-0.2, -0.15) is 0 Å². The Morgan fingerprint density at radius 2 is 1.81 bits per heavy atom. The second kappa shape index (κ2) is 10.6. The molecule has 0 aliphatic heterocycles. The van der Waals surface area contributed by atoms with Gasteiger partial charge in [0, 0.05) is 28.8 Å². The largest absolute Gasteiger partial charge is 0.497 e. The Bertz CT molecular complexity index is 762. The van der Waals surface area contributed by atoms with Gasteiger partial charge in [0.2, 0.25) is 11.8 Å². The van der Waals surface area contributed by atoms with Gasteiger partial charge in [-0.05, 0) is 49.7 Å². The van der Waals surface area contributed by atoms with E-state index in [9.17, 15) is 9.59 Å². The van der Waals surface area contributed by atoms with E-state index in [1.807, 2.05) is 49.4 Å². The summed E-state index contributed by atoms with van der Waals surface area (Å²) in [6.45, 7) is 3.92. The number of anilines is 2. The molecule has 0 spiro atoms. The van der Waals surface area contributed by atoms with Crippen LogP contribution < -0.4 is 15.4 Å². The lowest BCUT2D eigenvalue weighted by Gasteiger charge is -2.13. The molecule has 0 saturated heterocycles. The van der Waals surface area contributed by atoms with Crippen molar-refractivity contribution in [3.8, 4) is 5.75 Å². The monoisotopic (exact) mass is 386 g/mol. The van der Waals surface area contributed by atoms with E-state index in [4.69, 9.17) is 4.74 Å². The highest BCUT2D eigenvalue weighted by molar-refractivity contribution is 8.00. The van der Waals surface area contributed by atoms with Crippen LogP contribution in [0.5, 0.6) is 5.75 Å². The van der Waals surface area contributed by atoms with Gasteiger partial charge in [0.05, 0.1) is 12.4 Å². The molecule has 5 nitrogen and oxygen atoms in total. The van der Waals surface area contributed by atoms with Gasteiger partial charge in [-0.25, -0.2) is 0 Å². The molecule has 0 fully saturated rings. The average molecular weight is 387 g/mol. The molecule has 1 unspecified atom stereocenters. The van der Waals surface area contributed by atoms with E-state index in [0.717, 1.165) is 23.4 Å². The molecule has 2 aromatic rings. The molecule has 0 heterocycles. The predicted octanol–water partition coefficient (Wildman–Crippen LogP) is 4.94. The fourth-order valence-electron chi connectivity index (χ4n) is 2.38. The lowest BCUT2D eigenvalue weighted by atomic mass is 10.2. The standard InChI is InChI=1S/C21H26N2O3S/c1-4-5-9-20(24)22-16-10-12-19(13-11-16)27-15(2)21(25)23-17-7-6-8-18(14-17)26-3/h6-8,10-15H,4-5,9H2,1-3H3,(H,22,24)(H,23,25). The minimum absolute atomic E-state index is 0.0308. The number of carbonyl (C=O) groups is 2. The number of benzene rings is 2. The first kappa shape index (κ1) is 20.8. The Kier molecular flexibility index (Phi) is 8.20. The maximum atomic E-state index is 12.4. The van der Waals surface area contributed by atoms with E-state index >= 15 is 0 Å². The Balaban J connectivity index is 1.88. The SMILES string of the molecule is CCCCC(=O)Nc1ccc(SC(C)C(=O)Nc2cccc(OC)c2)cc1. The fraction of sp³-hybridized carbons (Fsp3) is 0.333. The van der Waals surface area contributed by atoms with Crippen molar-refractivity contribution in [1.29, 1.82) is 0 Å². The highest BCUT2D eigenvalue weighted by Crippen LogP contribution is 2.26. The van der Waals surface area contributed by atoms with Crippen molar-refractivity contribution in [2.45, 2.75) is 43.3 Å². The number of carbonyl (C=O) groups excluding carboxylic acids is 2. The molecule has 0 radical (unpaired) electrons. The van der Waals surface area contributed by atoms with Crippen molar-refractivity contribution in [3.05, 3.63) is 48.5 Å². The van der Waals surface area contributed by atoms with Crippen LogP contribution in [0, 0.1) is 0 Å². The molecule has 6 heteroatoms. The zero-order valence-corrected chi connectivity index (χ0v) is 16.8. The molecule has 0 bridgehead atoms. The molecule has 0 aliphatic carbocycles. The van der Waals surface area contributed by atoms with Crippen molar-refractivity contribution >= 4 is 35.0 Å². The smallest absolute Gasteiger partial charge is 0.237 e. The number of methoxy groups -OCH3 is 1. The number of rotatable bonds is 9. The molecule has 1 atom stereocenters. The highest BCUT2D eigenvalue weighted by Gasteiger charge is 2.15. The third-order valence-corrected chi connectivity index (χ3v) is 5.03. The molecular weight excluding hydrogens is 360 g/mol. The van der Waals surface area contributed by atoms with Crippen molar-refractivity contribution in [2.75, 3.05) is 17.7 Å². The van der Waals surface area contributed by atoms with Gasteiger partial charge in [0.1, 0.15) is 5.75 Å². The Morgan fingerprint density at radius 3 is 2.48 bits per heavy atom. The average Bonchev–Trinajstić information content (AvgIpc) is 2.68. The summed E-state index contributed by atoms with van der Waals surface area (Å²) in [5, 5.41) is 5.52. The van der Waals surface area contributed by atoms with Gasteiger partial charge in [0.25, 0.3) is 0 Å². The van der Waals surface area contributed by atoms with E-state index in [1.54, 1.807) is 13.2 Å². The molecule has 2 N–H and O–H groups in total. The lowest BCUT2D eigenvalue weighted by Crippen LogP contribution is -2.22. The van der Waals surface area contributed by atoms with Crippen LogP contribution in [0.15, 0.2) is 53.4 Å². The molecule has 0 aliphatic rings. The third kappa shape index (κ3) is 6.98. The minimum Gasteiger partial charge on any atom is -0.497 e. The molecular formula is C21H26N2O3S. The lowest BCUT2D eigenvalue weighted by molar-refractivity contribution is -0.116. The van der Waals surface area contributed by atoms with Gasteiger partial charge in [-0.15, -0.1) is 11.8 Å². The summed E-state index contributed by atoms with van der Waals surface area (Å²) >= 11 is 1.47. The van der Waals surface area contributed by atoms with Gasteiger partial charge in [0.15, 0.2) is 0 Å². The van der Waals surface area contributed by atoms with Crippen LogP contribution in [0.4, 0.5) is 11.4 Å². The van der Waals surface area contributed by atoms with Crippen molar-refractivity contribution in [2.24, 2.45) is 0 Å². The number of hydrogen-bond acceptors (Lipinski definition) is 4. The predicted molar refractivity (Wildman–Crippen MR) is 112 cm³/mol. The van der Waals surface area contributed by atoms with Crippen LogP contribution in [0.3, 0.4) is 0 Å². The number of amides is 2. The van der Waals surface area contributed by atoms with Gasteiger partial charge >= 0.3 is 0 Å². The molecule has 0 saturated carbocycles. The summed E-state index contributed by atoms with van der Waals surface area (Å²) in [4.78, 5) is 25.1. The zero-order valence-electron chi connectivity index (χ0n) is 16.0. The van der Waals surface area contributed by atoms with Crippen LogP contribution in [0.2, 0.25) is 0 Å². The van der Waals surface area contributed by atoms with E-state index in [2.05, 4.69) is 17.6 Å². The van der Waals surface area contributed by atoms with E-state index in [-0.39, 0.29) is 17.1 Å². The van der Waals surface area contributed by atoms with E-state index in [1.165, 1.54) is 11.8 Å². The Morgan fingerprint density at radius 1 is 1.07 bits per heavy atom. The van der Waals surface area contributed by atoms with Gasteiger partial charge < -0.3 is 15.4 Å². The number of hydrogen-bond donors (Lipinski definition) is 2. The van der Waals surface area contributed by atoms with Crippen molar-refractivity contribution in [3.63, 3.8) is 0 Å². The number of thioether (sulfide) groups is 1. The molecule has 2 amide bonds. The van der Waals surface area contributed by atoms with Crippen LogP contribution in [0.25, 0.3) is 0 Å². The third-order valence-electron chi connectivity index (χ3n) is 3.91. The van der Waals surface area contributed by atoms with E-state index < -0.39 is 0 Å². The van der Waals surface area contributed by atoms with Crippen LogP contribution in [-0.2, 0) is 9.59 Å². The normalized spacial score (nSPS) is 11.5. The highest BCUT2D eigenvalue weighted by atomic mass is 32.2. The molecule has 2 rings (SSSR count). The fourth-order valence-corrected chi connectivity index (χ4v) is 3.25. The minimum atomic E-state index is -0.263. The number of ether oxygens (including phenoxy) is 1. The first-order chi connectivity index (χ1) is 13.0. The molecule has 0 aromatic heterocycles. The summed E-state index contributed by atoms with van der Waals surface area (Å²) in [6, 6.07) is 14.8. The quantitative estimate of drug-likeness (QED) is 0.599. The van der Waals surface area contributed by atoms with Gasteiger partial charge in [-0.1, -0.05) is 19.4 Å². The first-order valence-electron chi connectivity index (χ1n) is 9.03. The summed E-state index contributed by atoms with van der Waals surface area (Å²) in [5.41, 5.74) is 1.48. The second-order valence-electron chi connectivity index (χ2n) is 6.16. The van der Waals surface area contributed by atoms with Crippen molar-refractivity contribution < 1.29 is 14.3 Å². The van der Waals surface area contributed by atoms with Gasteiger partial charge in [-0.3, -0.25) is 9.59 Å². The maximum absolute atomic E-state index is 12.4. The van der Waals surface area contributed by atoms with Crippen molar-refractivity contribution in [1.82, 2.24) is 0 Å². The first-order valence-corrected chi connectivity index (χ1v) is 9.91. The Hall–Kier alpha value is -2.47.